The van der Waals surface area contributed by atoms with E-state index in [0.717, 1.165) is 66.1 Å². The Kier molecular flexibility index (Phi) is 8.38. The molecule has 244 valence electrons. The first kappa shape index (κ1) is 32.2. The van der Waals surface area contributed by atoms with Crippen molar-refractivity contribution in [1.82, 2.24) is 0 Å². The van der Waals surface area contributed by atoms with Gasteiger partial charge in [-0.25, -0.2) is 0 Å². The normalized spacial score (nSPS) is 12.9. The number of hydrogen-bond acceptors (Lipinski definition) is 4. The van der Waals surface area contributed by atoms with Gasteiger partial charge in [-0.3, -0.25) is 9.05 Å². The second kappa shape index (κ2) is 13.0. The first-order valence-electron chi connectivity index (χ1n) is 16.2. The van der Waals surface area contributed by atoms with Gasteiger partial charge in [0, 0.05) is 22.3 Å². The van der Waals surface area contributed by atoms with Crippen LogP contribution >= 0.6 is 8.17 Å². The van der Waals surface area contributed by atoms with Crippen LogP contribution in [-0.2, 0) is 22.4 Å². The average molecular weight is 761 g/mol. The minimum Gasteiger partial charge on any atom is -0.591 e. The van der Waals surface area contributed by atoms with Crippen molar-refractivity contribution < 1.29 is 41.2 Å². The van der Waals surface area contributed by atoms with Crippen LogP contribution in [0, 0.1) is 0 Å². The Balaban J connectivity index is 0.00000361. The van der Waals surface area contributed by atoms with E-state index in [-0.39, 0.29) is 22.4 Å². The summed E-state index contributed by atoms with van der Waals surface area (Å²) in [5.41, 5.74) is 8.97. The van der Waals surface area contributed by atoms with Crippen LogP contribution in [0.5, 0.6) is 11.5 Å². The van der Waals surface area contributed by atoms with E-state index in [1.807, 2.05) is 109 Å². The Morgan fingerprint density at radius 2 is 0.720 bits per heavy atom. The molecule has 9 rings (SSSR count). The third kappa shape index (κ3) is 5.73. The summed E-state index contributed by atoms with van der Waals surface area (Å²) in [6.07, 6.45) is 0. The Bertz CT molecular complexity index is 2320. The topological polar surface area (TPSA) is 61.8 Å². The van der Waals surface area contributed by atoms with Gasteiger partial charge in [-0.05, 0) is 67.1 Å². The van der Waals surface area contributed by atoms with Gasteiger partial charge in [0.2, 0.25) is 0 Å². The first-order chi connectivity index (χ1) is 24.0. The number of rotatable bonds is 4. The van der Waals surface area contributed by atoms with Gasteiger partial charge in [-0.15, -0.1) is 0 Å². The third-order valence-corrected chi connectivity index (χ3v) is 10.1. The largest absolute Gasteiger partial charge is 1.00 e. The number of phosphoric ester groups is 1. The summed E-state index contributed by atoms with van der Waals surface area (Å²) in [7, 11) is -4.66. The molecule has 0 amide bonds. The molecule has 1 aliphatic rings. The molecule has 8 aromatic carbocycles. The molecule has 0 saturated carbocycles. The van der Waals surface area contributed by atoms with Crippen molar-refractivity contribution in [3.63, 3.8) is 0 Å². The molecule has 4 nitrogen and oxygen atoms in total. The minimum absolute atomic E-state index is 0. The number of benzene rings is 8. The van der Waals surface area contributed by atoms with Crippen LogP contribution in [0.2, 0.25) is 0 Å². The number of fused-ring (bicyclic) bond motifs is 7. The van der Waals surface area contributed by atoms with Crippen LogP contribution < -0.4 is 13.9 Å². The second-order valence-corrected chi connectivity index (χ2v) is 13.5. The fourth-order valence-corrected chi connectivity index (χ4v) is 7.85. The maximum atomic E-state index is 14.0. The first-order valence-corrected chi connectivity index (χ1v) is 17.7. The molecule has 8 aromatic rings. The van der Waals surface area contributed by atoms with Gasteiger partial charge in [0.15, 0.2) is 11.5 Å². The van der Waals surface area contributed by atoms with Gasteiger partial charge in [0.25, 0.3) is 0 Å². The van der Waals surface area contributed by atoms with Gasteiger partial charge < -0.3 is 4.89 Å². The van der Waals surface area contributed by atoms with Crippen LogP contribution in [0.4, 0.5) is 0 Å². The molecule has 0 aromatic heterocycles. The fraction of sp³-hybridized carbons (Fsp3) is 0. The summed E-state index contributed by atoms with van der Waals surface area (Å²) in [6.45, 7) is 0. The zero-order valence-corrected chi connectivity index (χ0v) is 29.0. The molecule has 6 heteroatoms. The van der Waals surface area contributed by atoms with Crippen molar-refractivity contribution in [2.75, 3.05) is 0 Å². The zero-order valence-electron chi connectivity index (χ0n) is 26.6. The van der Waals surface area contributed by atoms with Crippen molar-refractivity contribution in [1.29, 1.82) is 0 Å². The van der Waals surface area contributed by atoms with Crippen molar-refractivity contribution in [2.24, 2.45) is 0 Å². The molecule has 0 fully saturated rings. The molecule has 1 heterocycles. The summed E-state index contributed by atoms with van der Waals surface area (Å²) in [5.74, 6) is 0.634. The van der Waals surface area contributed by atoms with Crippen molar-refractivity contribution >= 4 is 29.7 Å². The van der Waals surface area contributed by atoms with Crippen LogP contribution in [0.15, 0.2) is 170 Å². The molecular formula is C44H29AgO4P+. The van der Waals surface area contributed by atoms with Gasteiger partial charge in [0.1, 0.15) is 0 Å². The number of hydrogen-bond donors (Lipinski definition) is 1. The zero-order chi connectivity index (χ0) is 33.0. The van der Waals surface area contributed by atoms with E-state index in [2.05, 4.69) is 60.7 Å². The predicted octanol–water partition coefficient (Wildman–Crippen LogP) is 11.1. The maximum Gasteiger partial charge on any atom is 1.00 e. The Labute approximate surface area is 306 Å². The molecule has 0 spiro atoms. The van der Waals surface area contributed by atoms with Gasteiger partial charge >= 0.3 is 30.6 Å². The van der Waals surface area contributed by atoms with Gasteiger partial charge in [0.05, 0.1) is 0 Å². The molecule has 0 unspecified atom stereocenters. The molecule has 1 N–H and O–H groups in total. The molecular weight excluding hydrogens is 731 g/mol. The van der Waals surface area contributed by atoms with E-state index in [0.29, 0.717) is 22.6 Å². The van der Waals surface area contributed by atoms with Crippen LogP contribution in [0.25, 0.3) is 77.2 Å². The molecule has 0 saturated heterocycles. The quantitative estimate of drug-likeness (QED) is 0.143. The third-order valence-electron chi connectivity index (χ3n) is 9.27. The smallest absolute Gasteiger partial charge is 0.591 e. The Morgan fingerprint density at radius 1 is 0.400 bits per heavy atom. The van der Waals surface area contributed by atoms with E-state index in [1.54, 1.807) is 0 Å². The van der Waals surface area contributed by atoms with Crippen LogP contribution in [0.1, 0.15) is 0 Å². The molecule has 0 aliphatic carbocycles. The van der Waals surface area contributed by atoms with Crippen LogP contribution in [-0.4, -0.2) is 4.89 Å². The molecule has 50 heavy (non-hydrogen) atoms. The maximum absolute atomic E-state index is 14.0. The summed E-state index contributed by atoms with van der Waals surface area (Å²) in [5, 5.41) is 3.76. The number of phosphoric acid groups is 1. The van der Waals surface area contributed by atoms with Crippen LogP contribution in [0.3, 0.4) is 0 Å². The van der Waals surface area contributed by atoms with E-state index >= 15 is 0 Å². The summed E-state index contributed by atoms with van der Waals surface area (Å²) < 4.78 is 12.3. The molecule has 1 aliphatic heterocycles. The fourth-order valence-electron chi connectivity index (χ4n) is 6.97. The SMILES string of the molecule is [Ag+].[O-][P+]1(O)Oc2c(-c3ccc(-c4ccccc4)cc3)cc3ccccc3c2-c2c(c(-c3ccc(-c4ccccc4)cc3)cc3ccccc23)O1. The molecule has 0 atom stereocenters. The summed E-state index contributed by atoms with van der Waals surface area (Å²) in [6, 6.07) is 57.1. The Morgan fingerprint density at radius 3 is 1.12 bits per heavy atom. The average Bonchev–Trinajstić information content (AvgIpc) is 3.28. The van der Waals surface area contributed by atoms with E-state index < -0.39 is 8.17 Å². The van der Waals surface area contributed by atoms with E-state index in [4.69, 9.17) is 9.05 Å². The molecule has 0 radical (unpaired) electrons. The standard InChI is InChI=1S/C44H29O4P.Ag/c45-49(46)47-43-39(33-23-19-31(20-24-33)29-11-3-1-4-12-29)27-35-15-7-9-17-37(35)41(43)42-38-18-10-8-16-36(38)28-40(44(42)48-49)34-25-21-32(22-26-34)30-13-5-2-6-14-30;/h1-28H,(H,45,46);/q;+1. The Hall–Kier alpha value is -5.03. The van der Waals surface area contributed by atoms with E-state index in [1.165, 1.54) is 0 Å². The second-order valence-electron chi connectivity index (χ2n) is 12.2. The minimum atomic E-state index is -4.66. The van der Waals surface area contributed by atoms with Gasteiger partial charge in [-0.1, -0.05) is 158 Å². The van der Waals surface area contributed by atoms with E-state index in [9.17, 15) is 9.79 Å². The summed E-state index contributed by atoms with van der Waals surface area (Å²) >= 11 is 0. The van der Waals surface area contributed by atoms with Crippen molar-refractivity contribution in [3.8, 4) is 67.1 Å². The van der Waals surface area contributed by atoms with Gasteiger partial charge in [-0.2, -0.15) is 4.89 Å². The van der Waals surface area contributed by atoms with Crippen molar-refractivity contribution in [3.05, 3.63) is 170 Å². The summed E-state index contributed by atoms with van der Waals surface area (Å²) in [4.78, 5) is 25.4. The predicted molar refractivity (Wildman–Crippen MR) is 199 cm³/mol. The molecule has 0 bridgehead atoms. The monoisotopic (exact) mass is 759 g/mol. The van der Waals surface area contributed by atoms with Crippen molar-refractivity contribution in [2.45, 2.75) is 0 Å².